The van der Waals surface area contributed by atoms with E-state index >= 15 is 0 Å². The lowest BCUT2D eigenvalue weighted by molar-refractivity contribution is 0.558. The Bertz CT molecular complexity index is 723. The molecule has 0 aliphatic carbocycles. The zero-order chi connectivity index (χ0) is 19.9. The van der Waals surface area contributed by atoms with Crippen LogP contribution in [0.4, 0.5) is 0 Å². The van der Waals surface area contributed by atoms with Gasteiger partial charge in [0.05, 0.1) is 6.33 Å². The van der Waals surface area contributed by atoms with Gasteiger partial charge in [-0.15, -0.1) is 5.98 Å². The van der Waals surface area contributed by atoms with E-state index in [-0.39, 0.29) is 0 Å². The lowest BCUT2D eigenvalue weighted by atomic mass is 9.92. The normalized spacial score (nSPS) is 10.0. The highest BCUT2D eigenvalue weighted by Gasteiger charge is 2.01. The van der Waals surface area contributed by atoms with E-state index < -0.39 is 0 Å². The summed E-state index contributed by atoms with van der Waals surface area (Å²) in [5.41, 5.74) is 3.36. The van der Waals surface area contributed by atoms with E-state index in [9.17, 15) is 0 Å². The predicted octanol–water partition coefficient (Wildman–Crippen LogP) is 6.49. The molecule has 2 radical (unpaired) electrons. The van der Waals surface area contributed by atoms with Crippen molar-refractivity contribution in [2.75, 3.05) is 0 Å². The molecule has 0 N–H and O–H groups in total. The monoisotopic (exact) mass is 370 g/mol. The van der Waals surface area contributed by atoms with E-state index in [0.717, 1.165) is 23.2 Å². The molecule has 1 heterocycles. The van der Waals surface area contributed by atoms with Gasteiger partial charge in [0, 0.05) is 18.9 Å². The second-order valence-electron chi connectivity index (χ2n) is 6.88. The molecule has 0 aliphatic heterocycles. The third kappa shape index (κ3) is 8.00. The second kappa shape index (κ2) is 13.6. The molecule has 0 saturated carbocycles. The molecule has 3 aromatic rings. The van der Waals surface area contributed by atoms with E-state index in [0.29, 0.717) is 0 Å². The average molecular weight is 370 g/mol. The van der Waals surface area contributed by atoms with Crippen molar-refractivity contribution in [1.29, 1.82) is 0 Å². The van der Waals surface area contributed by atoms with Crippen molar-refractivity contribution in [3.05, 3.63) is 96.5 Å². The van der Waals surface area contributed by atoms with Crippen molar-refractivity contribution < 1.29 is 0 Å². The van der Waals surface area contributed by atoms with E-state index in [1.165, 1.54) is 38.5 Å². The molecule has 3 heteroatoms. The molecular weight excluding hydrogens is 339 g/mol. The number of aryl methyl sites for hydroxylation is 1. The van der Waals surface area contributed by atoms with Gasteiger partial charge in [-0.3, -0.25) is 0 Å². The Kier molecular flexibility index (Phi) is 10.6. The predicted molar refractivity (Wildman–Crippen MR) is 121 cm³/mol. The third-order valence-electron chi connectivity index (χ3n) is 4.67. The SMILES string of the molecule is CCCCCCCCn1ccnc1.[B]C=C(c1ccccc1)c1ccccc1. The first-order valence-corrected chi connectivity index (χ1v) is 10.3. The van der Waals surface area contributed by atoms with Crippen LogP contribution in [0.25, 0.3) is 5.57 Å². The minimum Gasteiger partial charge on any atom is -0.337 e. The number of hydrogen-bond donors (Lipinski definition) is 0. The van der Waals surface area contributed by atoms with Gasteiger partial charge in [0.15, 0.2) is 0 Å². The van der Waals surface area contributed by atoms with Crippen LogP contribution in [0.2, 0.25) is 0 Å². The maximum Gasteiger partial charge on any atom is 0.103 e. The Labute approximate surface area is 171 Å². The standard InChI is InChI=1S/C14H11B.C11H20N2/c15-11-14(12-7-3-1-4-8-12)13-9-5-2-6-10-13;1-2-3-4-5-6-7-9-13-10-8-12-11-13/h1-11H;8,10-11H,2-7,9H2,1H3. The van der Waals surface area contributed by atoms with Gasteiger partial charge >= 0.3 is 0 Å². The van der Waals surface area contributed by atoms with Gasteiger partial charge in [-0.2, -0.15) is 0 Å². The topological polar surface area (TPSA) is 17.8 Å². The number of unbranched alkanes of at least 4 members (excludes halogenated alkanes) is 5. The van der Waals surface area contributed by atoms with Crippen LogP contribution in [0.5, 0.6) is 0 Å². The van der Waals surface area contributed by atoms with Crippen molar-refractivity contribution in [1.82, 2.24) is 9.55 Å². The van der Waals surface area contributed by atoms with Gasteiger partial charge in [0.1, 0.15) is 7.85 Å². The quantitative estimate of drug-likeness (QED) is 0.311. The minimum atomic E-state index is 1.07. The lowest BCUT2D eigenvalue weighted by Crippen LogP contribution is -1.93. The Morgan fingerprint density at radius 3 is 1.93 bits per heavy atom. The van der Waals surface area contributed by atoms with Crippen LogP contribution < -0.4 is 0 Å². The summed E-state index contributed by atoms with van der Waals surface area (Å²) in [6.45, 7) is 3.39. The average Bonchev–Trinajstić information content (AvgIpc) is 3.27. The first-order valence-electron chi connectivity index (χ1n) is 10.3. The molecular formula is C25H31BN2. The molecule has 3 rings (SSSR count). The Morgan fingerprint density at radius 2 is 1.43 bits per heavy atom. The molecule has 0 fully saturated rings. The van der Waals surface area contributed by atoms with Crippen LogP contribution in [0.15, 0.2) is 85.4 Å². The summed E-state index contributed by atoms with van der Waals surface area (Å²) in [7, 11) is 5.67. The summed E-state index contributed by atoms with van der Waals surface area (Å²) in [4.78, 5) is 4.01. The lowest BCUT2D eigenvalue weighted by Gasteiger charge is -2.07. The molecule has 0 spiro atoms. The summed E-state index contributed by atoms with van der Waals surface area (Å²) < 4.78 is 2.15. The fraction of sp³-hybridized carbons (Fsp3) is 0.320. The molecule has 2 nitrogen and oxygen atoms in total. The van der Waals surface area contributed by atoms with Gasteiger partial charge in [-0.25, -0.2) is 4.98 Å². The molecule has 0 saturated heterocycles. The largest absolute Gasteiger partial charge is 0.337 e. The molecule has 0 aliphatic rings. The van der Waals surface area contributed by atoms with Crippen molar-refractivity contribution in [2.45, 2.75) is 52.0 Å². The van der Waals surface area contributed by atoms with Crippen LogP contribution in [0, 0.1) is 0 Å². The van der Waals surface area contributed by atoms with E-state index in [2.05, 4.69) is 40.7 Å². The van der Waals surface area contributed by atoms with E-state index in [4.69, 9.17) is 7.85 Å². The van der Waals surface area contributed by atoms with Crippen molar-refractivity contribution >= 4 is 13.4 Å². The highest BCUT2D eigenvalue weighted by molar-refractivity contribution is 6.21. The summed E-state index contributed by atoms with van der Waals surface area (Å²) in [6.07, 6.45) is 13.9. The molecule has 0 bridgehead atoms. The molecule has 0 atom stereocenters. The van der Waals surface area contributed by atoms with Gasteiger partial charge in [0.2, 0.25) is 0 Å². The van der Waals surface area contributed by atoms with Crippen LogP contribution >= 0.6 is 0 Å². The molecule has 144 valence electrons. The van der Waals surface area contributed by atoms with Crippen LogP contribution in [-0.2, 0) is 6.54 Å². The summed E-state index contributed by atoms with van der Waals surface area (Å²) in [5, 5.41) is 0. The number of rotatable bonds is 9. The van der Waals surface area contributed by atoms with Gasteiger partial charge in [-0.05, 0) is 23.1 Å². The van der Waals surface area contributed by atoms with Crippen LogP contribution in [0.3, 0.4) is 0 Å². The van der Waals surface area contributed by atoms with Gasteiger partial charge in [-0.1, -0.05) is 99.7 Å². The van der Waals surface area contributed by atoms with Gasteiger partial charge in [0.25, 0.3) is 0 Å². The number of nitrogens with zero attached hydrogens (tertiary/aromatic N) is 2. The molecule has 0 unspecified atom stereocenters. The Hall–Kier alpha value is -2.55. The number of hydrogen-bond acceptors (Lipinski definition) is 1. The van der Waals surface area contributed by atoms with E-state index in [1.807, 2.05) is 55.1 Å². The van der Waals surface area contributed by atoms with E-state index in [1.54, 1.807) is 5.98 Å². The van der Waals surface area contributed by atoms with Gasteiger partial charge < -0.3 is 4.57 Å². The van der Waals surface area contributed by atoms with Crippen molar-refractivity contribution in [2.24, 2.45) is 0 Å². The number of imidazole rings is 1. The fourth-order valence-electron chi connectivity index (χ4n) is 3.09. The smallest absolute Gasteiger partial charge is 0.103 e. The molecule has 28 heavy (non-hydrogen) atoms. The minimum absolute atomic E-state index is 1.07. The number of benzene rings is 2. The highest BCUT2D eigenvalue weighted by atomic mass is 15.0. The third-order valence-corrected chi connectivity index (χ3v) is 4.67. The molecule has 1 aromatic heterocycles. The first kappa shape index (κ1) is 21.8. The maximum atomic E-state index is 5.67. The fourth-order valence-corrected chi connectivity index (χ4v) is 3.09. The Morgan fingerprint density at radius 1 is 0.857 bits per heavy atom. The van der Waals surface area contributed by atoms with Crippen LogP contribution in [-0.4, -0.2) is 17.4 Å². The summed E-state index contributed by atoms with van der Waals surface area (Å²) >= 11 is 0. The second-order valence-corrected chi connectivity index (χ2v) is 6.88. The Balaban J connectivity index is 0.000000203. The zero-order valence-corrected chi connectivity index (χ0v) is 17.0. The van der Waals surface area contributed by atoms with Crippen molar-refractivity contribution in [3.8, 4) is 0 Å². The maximum absolute atomic E-state index is 5.67. The molecule has 0 amide bonds. The zero-order valence-electron chi connectivity index (χ0n) is 17.0. The van der Waals surface area contributed by atoms with Crippen LogP contribution in [0.1, 0.15) is 56.6 Å². The summed E-state index contributed by atoms with van der Waals surface area (Å²) in [6, 6.07) is 20.3. The molecule has 2 aromatic carbocycles. The highest BCUT2D eigenvalue weighted by Crippen LogP contribution is 2.21. The first-order chi connectivity index (χ1) is 13.8. The summed E-state index contributed by atoms with van der Waals surface area (Å²) in [5.74, 6) is 1.66. The van der Waals surface area contributed by atoms with Crippen molar-refractivity contribution in [3.63, 3.8) is 0 Å². The number of aromatic nitrogens is 2.